The molecular weight excluding hydrogens is 350 g/mol. The predicted octanol–water partition coefficient (Wildman–Crippen LogP) is 3.79. The second-order valence-corrected chi connectivity index (χ2v) is 6.27. The van der Waals surface area contributed by atoms with Crippen LogP contribution in [-0.2, 0) is 12.8 Å². The molecule has 3 rings (SSSR count). The molecule has 0 fully saturated rings. The van der Waals surface area contributed by atoms with Crippen molar-refractivity contribution in [2.45, 2.75) is 12.8 Å². The second kappa shape index (κ2) is 9.74. The number of benzene rings is 2. The van der Waals surface area contributed by atoms with Crippen molar-refractivity contribution in [1.82, 2.24) is 15.3 Å². The van der Waals surface area contributed by atoms with Gasteiger partial charge in [-0.1, -0.05) is 42.5 Å². The molecule has 0 saturated carbocycles. The van der Waals surface area contributed by atoms with Crippen molar-refractivity contribution in [1.29, 1.82) is 5.26 Å². The number of H-pyrrole nitrogens is 1. The number of nitriles is 1. The summed E-state index contributed by atoms with van der Waals surface area (Å²) in [4.78, 5) is 19.0. The maximum Gasteiger partial charge on any atom is 0.319 e. The Morgan fingerprint density at radius 1 is 1.14 bits per heavy atom. The van der Waals surface area contributed by atoms with Crippen molar-refractivity contribution in [2.75, 3.05) is 11.9 Å². The lowest BCUT2D eigenvalue weighted by Gasteiger charge is -2.06. The minimum Gasteiger partial charge on any atom is -0.348 e. The van der Waals surface area contributed by atoms with Gasteiger partial charge in [0.1, 0.15) is 0 Å². The number of allylic oxidation sites excluding steroid dienone is 1. The zero-order chi connectivity index (χ0) is 19.6. The van der Waals surface area contributed by atoms with Crippen LogP contribution in [-0.4, -0.2) is 22.5 Å². The molecular formula is C22H21N5O. The summed E-state index contributed by atoms with van der Waals surface area (Å²) in [6.45, 7) is 0.432. The summed E-state index contributed by atoms with van der Waals surface area (Å²) >= 11 is 0. The molecule has 0 spiro atoms. The fraction of sp³-hybridized carbons (Fsp3) is 0.136. The van der Waals surface area contributed by atoms with E-state index in [1.54, 1.807) is 30.6 Å². The number of hydrogen-bond donors (Lipinski definition) is 3. The summed E-state index contributed by atoms with van der Waals surface area (Å²) in [5.41, 5.74) is 4.64. The van der Waals surface area contributed by atoms with Gasteiger partial charge >= 0.3 is 6.03 Å². The van der Waals surface area contributed by atoms with E-state index in [0.29, 0.717) is 17.8 Å². The van der Waals surface area contributed by atoms with E-state index < -0.39 is 0 Å². The minimum absolute atomic E-state index is 0.303. The number of carbonyl (C=O) groups excluding carboxylic acids is 1. The van der Waals surface area contributed by atoms with E-state index in [0.717, 1.165) is 18.5 Å². The van der Waals surface area contributed by atoms with Crippen molar-refractivity contribution >= 4 is 11.7 Å². The van der Waals surface area contributed by atoms with E-state index in [1.807, 2.05) is 24.4 Å². The molecule has 2 amide bonds. The lowest BCUT2D eigenvalue weighted by atomic mass is 10.1. The number of hydrogen-bond acceptors (Lipinski definition) is 3. The second-order valence-electron chi connectivity index (χ2n) is 6.27. The average Bonchev–Trinajstić information content (AvgIpc) is 3.22. The van der Waals surface area contributed by atoms with Gasteiger partial charge in [0.05, 0.1) is 18.0 Å². The SMILES string of the molecule is N#Cc1cccc(NC(=O)NC/C=C/Cc2ccc(Cc3cnc[nH]3)cc2)c1. The summed E-state index contributed by atoms with van der Waals surface area (Å²) in [5.74, 6) is 0. The van der Waals surface area contributed by atoms with E-state index in [4.69, 9.17) is 5.26 Å². The molecule has 0 aliphatic rings. The zero-order valence-electron chi connectivity index (χ0n) is 15.4. The third-order valence-electron chi connectivity index (χ3n) is 4.12. The van der Waals surface area contributed by atoms with Crippen LogP contribution in [0.3, 0.4) is 0 Å². The first-order valence-electron chi connectivity index (χ1n) is 8.98. The molecule has 2 aromatic carbocycles. The van der Waals surface area contributed by atoms with Crippen LogP contribution < -0.4 is 10.6 Å². The number of carbonyl (C=O) groups is 1. The van der Waals surface area contributed by atoms with Gasteiger partial charge < -0.3 is 15.6 Å². The fourth-order valence-electron chi connectivity index (χ4n) is 2.69. The molecule has 6 heteroatoms. The standard InChI is InChI=1S/C22H21N5O/c23-14-19-5-3-6-20(13-19)27-22(28)25-11-2-1-4-17-7-9-18(10-8-17)12-21-15-24-16-26-21/h1-3,5-10,13,15-16H,4,11-12H2,(H,24,26)(H2,25,27,28)/b2-1+. The van der Waals surface area contributed by atoms with Crippen LogP contribution in [0.25, 0.3) is 0 Å². The summed E-state index contributed by atoms with van der Waals surface area (Å²) in [6, 6.07) is 17.0. The average molecular weight is 371 g/mol. The first kappa shape index (κ1) is 18.9. The molecule has 3 N–H and O–H groups in total. The highest BCUT2D eigenvalue weighted by molar-refractivity contribution is 5.89. The van der Waals surface area contributed by atoms with Gasteiger partial charge in [-0.15, -0.1) is 0 Å². The fourth-order valence-corrected chi connectivity index (χ4v) is 2.69. The maximum atomic E-state index is 11.9. The maximum absolute atomic E-state index is 11.9. The Bertz CT molecular complexity index is 969. The van der Waals surface area contributed by atoms with Crippen molar-refractivity contribution in [2.24, 2.45) is 0 Å². The number of aromatic nitrogens is 2. The molecule has 0 aliphatic heterocycles. The van der Waals surface area contributed by atoms with Gasteiger partial charge in [-0.3, -0.25) is 0 Å². The zero-order valence-corrected chi connectivity index (χ0v) is 15.4. The normalized spacial score (nSPS) is 10.5. The highest BCUT2D eigenvalue weighted by atomic mass is 16.2. The smallest absolute Gasteiger partial charge is 0.319 e. The molecule has 0 saturated heterocycles. The van der Waals surface area contributed by atoms with Crippen LogP contribution in [0.4, 0.5) is 10.5 Å². The van der Waals surface area contributed by atoms with Gasteiger partial charge in [-0.2, -0.15) is 5.26 Å². The van der Waals surface area contributed by atoms with Crippen molar-refractivity contribution in [3.63, 3.8) is 0 Å². The Kier molecular flexibility index (Phi) is 6.58. The molecule has 0 aliphatic carbocycles. The first-order chi connectivity index (χ1) is 13.7. The first-order valence-corrected chi connectivity index (χ1v) is 8.98. The van der Waals surface area contributed by atoms with Gasteiger partial charge in [0.15, 0.2) is 0 Å². The van der Waals surface area contributed by atoms with Crippen molar-refractivity contribution < 1.29 is 4.79 Å². The van der Waals surface area contributed by atoms with Crippen LogP contribution in [0.2, 0.25) is 0 Å². The van der Waals surface area contributed by atoms with Gasteiger partial charge in [-0.25, -0.2) is 9.78 Å². The van der Waals surface area contributed by atoms with Gasteiger partial charge in [-0.05, 0) is 35.7 Å². The van der Waals surface area contributed by atoms with Gasteiger partial charge in [0.2, 0.25) is 0 Å². The number of nitrogens with zero attached hydrogens (tertiary/aromatic N) is 2. The Morgan fingerprint density at radius 2 is 1.96 bits per heavy atom. The quantitative estimate of drug-likeness (QED) is 0.552. The third kappa shape index (κ3) is 5.85. The molecule has 1 aromatic heterocycles. The number of amides is 2. The molecule has 6 nitrogen and oxygen atoms in total. The molecule has 0 atom stereocenters. The van der Waals surface area contributed by atoms with Crippen LogP contribution in [0.15, 0.2) is 73.2 Å². The van der Waals surface area contributed by atoms with E-state index in [1.165, 1.54) is 11.1 Å². The minimum atomic E-state index is -0.303. The lowest BCUT2D eigenvalue weighted by Crippen LogP contribution is -2.28. The largest absolute Gasteiger partial charge is 0.348 e. The summed E-state index contributed by atoms with van der Waals surface area (Å²) in [5, 5.41) is 14.3. The monoisotopic (exact) mass is 371 g/mol. The molecule has 0 unspecified atom stereocenters. The number of urea groups is 1. The molecule has 3 aromatic rings. The number of nitrogens with one attached hydrogen (secondary N) is 3. The molecule has 140 valence electrons. The predicted molar refractivity (Wildman–Crippen MR) is 109 cm³/mol. The van der Waals surface area contributed by atoms with Gasteiger partial charge in [0, 0.05) is 30.5 Å². The molecule has 1 heterocycles. The van der Waals surface area contributed by atoms with E-state index in [-0.39, 0.29) is 6.03 Å². The number of aromatic amines is 1. The van der Waals surface area contributed by atoms with Gasteiger partial charge in [0.25, 0.3) is 0 Å². The Hall–Kier alpha value is -3.85. The number of anilines is 1. The molecule has 0 radical (unpaired) electrons. The molecule has 0 bridgehead atoms. The van der Waals surface area contributed by atoms with Crippen LogP contribution >= 0.6 is 0 Å². The highest BCUT2D eigenvalue weighted by Crippen LogP contribution is 2.10. The Labute approximate surface area is 163 Å². The molecule has 28 heavy (non-hydrogen) atoms. The number of imidazole rings is 1. The van der Waals surface area contributed by atoms with Crippen molar-refractivity contribution in [3.8, 4) is 6.07 Å². The highest BCUT2D eigenvalue weighted by Gasteiger charge is 2.01. The van der Waals surface area contributed by atoms with Crippen molar-refractivity contribution in [3.05, 3.63) is 95.6 Å². The van der Waals surface area contributed by atoms with E-state index >= 15 is 0 Å². The number of rotatable bonds is 7. The van der Waals surface area contributed by atoms with E-state index in [9.17, 15) is 4.79 Å². The van der Waals surface area contributed by atoms with Crippen LogP contribution in [0.1, 0.15) is 22.4 Å². The Morgan fingerprint density at radius 3 is 2.71 bits per heavy atom. The topological polar surface area (TPSA) is 93.6 Å². The summed E-state index contributed by atoms with van der Waals surface area (Å²) in [6.07, 6.45) is 9.11. The summed E-state index contributed by atoms with van der Waals surface area (Å²) in [7, 11) is 0. The Balaban J connectivity index is 1.39. The summed E-state index contributed by atoms with van der Waals surface area (Å²) < 4.78 is 0. The van der Waals surface area contributed by atoms with Crippen LogP contribution in [0, 0.1) is 11.3 Å². The van der Waals surface area contributed by atoms with E-state index in [2.05, 4.69) is 44.9 Å². The lowest BCUT2D eigenvalue weighted by molar-refractivity contribution is 0.253. The van der Waals surface area contributed by atoms with Crippen LogP contribution in [0.5, 0.6) is 0 Å². The third-order valence-corrected chi connectivity index (χ3v) is 4.12.